The highest BCUT2D eigenvalue weighted by Gasteiger charge is 2.38. The topological polar surface area (TPSA) is 33.1 Å². The summed E-state index contributed by atoms with van der Waals surface area (Å²) in [5.41, 5.74) is 0. The second kappa shape index (κ2) is 5.55. The lowest BCUT2D eigenvalue weighted by atomic mass is 10.0. The molecule has 112 valence electrons. The Hall–Kier alpha value is -1.17. The number of rotatable bonds is 4. The lowest BCUT2D eigenvalue weighted by Crippen LogP contribution is -2.41. The molecule has 0 aromatic carbocycles. The van der Waals surface area contributed by atoms with Gasteiger partial charge in [0.25, 0.3) is 0 Å². The van der Waals surface area contributed by atoms with E-state index in [0.717, 1.165) is 11.9 Å². The van der Waals surface area contributed by atoms with Crippen LogP contribution >= 0.6 is 11.3 Å². The van der Waals surface area contributed by atoms with Gasteiger partial charge in [0.05, 0.1) is 0 Å². The van der Waals surface area contributed by atoms with Crippen LogP contribution in [0.2, 0.25) is 0 Å². The van der Waals surface area contributed by atoms with Gasteiger partial charge in [-0.3, -0.25) is 10.2 Å². The molecule has 2 aromatic rings. The third-order valence-electron chi connectivity index (χ3n) is 4.93. The second-order valence-electron chi connectivity index (χ2n) is 6.15. The van der Waals surface area contributed by atoms with E-state index in [1.807, 2.05) is 23.7 Å². The molecule has 21 heavy (non-hydrogen) atoms. The highest BCUT2D eigenvalue weighted by molar-refractivity contribution is 7.10. The summed E-state index contributed by atoms with van der Waals surface area (Å²) in [6.45, 7) is 2.54. The molecule has 3 atom stereocenters. The van der Waals surface area contributed by atoms with Crippen molar-refractivity contribution < 1.29 is 0 Å². The summed E-state index contributed by atoms with van der Waals surface area (Å²) in [6.07, 6.45) is 7.89. The van der Waals surface area contributed by atoms with Crippen LogP contribution in [0.25, 0.3) is 0 Å². The molecule has 4 nitrogen and oxygen atoms in total. The van der Waals surface area contributed by atoms with Gasteiger partial charge in [-0.1, -0.05) is 6.07 Å². The van der Waals surface area contributed by atoms with E-state index in [9.17, 15) is 0 Å². The number of aromatic nitrogens is 2. The van der Waals surface area contributed by atoms with Crippen LogP contribution in [0.3, 0.4) is 0 Å². The summed E-state index contributed by atoms with van der Waals surface area (Å²) < 4.78 is 2.14. The SMILES string of the molecule is Cn1ccnc1C(NC1CCN2CCCC12)c1cccs1. The number of hydrogen-bond donors (Lipinski definition) is 1. The van der Waals surface area contributed by atoms with E-state index in [1.54, 1.807) is 0 Å². The van der Waals surface area contributed by atoms with E-state index in [4.69, 9.17) is 0 Å². The Morgan fingerprint density at radius 1 is 1.38 bits per heavy atom. The average molecular weight is 302 g/mol. The largest absolute Gasteiger partial charge is 0.336 e. The number of aryl methyl sites for hydroxylation is 1. The van der Waals surface area contributed by atoms with E-state index in [0.29, 0.717) is 6.04 Å². The quantitative estimate of drug-likeness (QED) is 0.941. The Labute approximate surface area is 129 Å². The fourth-order valence-corrected chi connectivity index (χ4v) is 4.67. The summed E-state index contributed by atoms with van der Waals surface area (Å²) >= 11 is 1.82. The maximum absolute atomic E-state index is 4.59. The van der Waals surface area contributed by atoms with Gasteiger partial charge >= 0.3 is 0 Å². The molecule has 0 spiro atoms. The van der Waals surface area contributed by atoms with Gasteiger partial charge in [-0.05, 0) is 37.3 Å². The molecule has 0 aliphatic carbocycles. The molecule has 0 bridgehead atoms. The number of fused-ring (bicyclic) bond motifs is 1. The van der Waals surface area contributed by atoms with Crippen molar-refractivity contribution in [3.05, 3.63) is 40.6 Å². The summed E-state index contributed by atoms with van der Waals surface area (Å²) in [4.78, 5) is 8.61. The van der Waals surface area contributed by atoms with Crippen LogP contribution in [0, 0.1) is 0 Å². The van der Waals surface area contributed by atoms with Crippen LogP contribution in [0.5, 0.6) is 0 Å². The molecule has 4 rings (SSSR count). The van der Waals surface area contributed by atoms with Crippen LogP contribution in [0.4, 0.5) is 0 Å². The van der Waals surface area contributed by atoms with Gasteiger partial charge in [0.1, 0.15) is 11.9 Å². The Balaban J connectivity index is 1.60. The van der Waals surface area contributed by atoms with E-state index in [-0.39, 0.29) is 6.04 Å². The zero-order valence-electron chi connectivity index (χ0n) is 12.4. The molecule has 4 heterocycles. The Kier molecular flexibility index (Phi) is 3.57. The molecule has 0 radical (unpaired) electrons. The van der Waals surface area contributed by atoms with E-state index in [1.165, 1.54) is 37.2 Å². The van der Waals surface area contributed by atoms with Crippen LogP contribution in [-0.4, -0.2) is 39.6 Å². The first-order chi connectivity index (χ1) is 10.3. The molecule has 1 N–H and O–H groups in total. The van der Waals surface area contributed by atoms with E-state index < -0.39 is 0 Å². The van der Waals surface area contributed by atoms with E-state index in [2.05, 4.69) is 44.3 Å². The predicted octanol–water partition coefficient (Wildman–Crippen LogP) is 2.40. The standard InChI is InChI=1S/C16H22N4S/c1-19-10-7-17-16(19)15(14-5-3-11-21-14)18-12-6-9-20-8-2-4-13(12)20/h3,5,7,10-13,15,18H,2,4,6,8-9H2,1H3. The van der Waals surface area contributed by atoms with Crippen molar-refractivity contribution in [2.75, 3.05) is 13.1 Å². The van der Waals surface area contributed by atoms with Crippen molar-refractivity contribution in [2.45, 2.75) is 37.4 Å². The lowest BCUT2D eigenvalue weighted by Gasteiger charge is -2.26. The van der Waals surface area contributed by atoms with Gasteiger partial charge in [0.15, 0.2) is 0 Å². The van der Waals surface area contributed by atoms with Crippen LogP contribution < -0.4 is 5.32 Å². The first-order valence-corrected chi connectivity index (χ1v) is 8.71. The van der Waals surface area contributed by atoms with Crippen molar-refractivity contribution in [1.29, 1.82) is 0 Å². The minimum Gasteiger partial charge on any atom is -0.336 e. The van der Waals surface area contributed by atoms with Crippen molar-refractivity contribution in [3.8, 4) is 0 Å². The molecule has 0 saturated carbocycles. The molecular formula is C16H22N4S. The normalized spacial score (nSPS) is 27.1. The zero-order chi connectivity index (χ0) is 14.2. The minimum absolute atomic E-state index is 0.218. The number of hydrogen-bond acceptors (Lipinski definition) is 4. The van der Waals surface area contributed by atoms with Gasteiger partial charge in [0, 0.05) is 42.9 Å². The number of imidazole rings is 1. The number of nitrogens with zero attached hydrogens (tertiary/aromatic N) is 3. The molecule has 3 unspecified atom stereocenters. The summed E-state index contributed by atoms with van der Waals surface area (Å²) in [5.74, 6) is 1.12. The molecule has 5 heteroatoms. The summed E-state index contributed by atoms with van der Waals surface area (Å²) in [7, 11) is 2.08. The Morgan fingerprint density at radius 2 is 2.33 bits per heavy atom. The molecule has 0 amide bonds. The van der Waals surface area contributed by atoms with Crippen LogP contribution in [0.15, 0.2) is 29.9 Å². The maximum atomic E-state index is 4.59. The fraction of sp³-hybridized carbons (Fsp3) is 0.562. The van der Waals surface area contributed by atoms with Crippen LogP contribution in [0.1, 0.15) is 36.0 Å². The monoisotopic (exact) mass is 302 g/mol. The summed E-state index contributed by atoms with van der Waals surface area (Å²) in [5, 5.41) is 6.07. The van der Waals surface area contributed by atoms with Crippen molar-refractivity contribution >= 4 is 11.3 Å². The average Bonchev–Trinajstić information content (AvgIpc) is 3.23. The molecule has 2 aliphatic heterocycles. The number of nitrogens with one attached hydrogen (secondary N) is 1. The van der Waals surface area contributed by atoms with Gasteiger partial charge in [-0.15, -0.1) is 11.3 Å². The predicted molar refractivity (Wildman–Crippen MR) is 85.5 cm³/mol. The van der Waals surface area contributed by atoms with Gasteiger partial charge < -0.3 is 4.57 Å². The van der Waals surface area contributed by atoms with Gasteiger partial charge in [-0.25, -0.2) is 4.98 Å². The van der Waals surface area contributed by atoms with Crippen molar-refractivity contribution in [2.24, 2.45) is 7.05 Å². The summed E-state index contributed by atoms with van der Waals surface area (Å²) in [6, 6.07) is 5.89. The Morgan fingerprint density at radius 3 is 3.10 bits per heavy atom. The third kappa shape index (κ3) is 2.43. The first kappa shape index (κ1) is 13.5. The molecule has 2 aromatic heterocycles. The van der Waals surface area contributed by atoms with Crippen LogP contribution in [-0.2, 0) is 7.05 Å². The highest BCUT2D eigenvalue weighted by atomic mass is 32.1. The minimum atomic E-state index is 0.218. The van der Waals surface area contributed by atoms with Crippen molar-refractivity contribution in [1.82, 2.24) is 19.8 Å². The highest BCUT2D eigenvalue weighted by Crippen LogP contribution is 2.32. The van der Waals surface area contributed by atoms with Gasteiger partial charge in [0.2, 0.25) is 0 Å². The molecular weight excluding hydrogens is 280 g/mol. The zero-order valence-corrected chi connectivity index (χ0v) is 13.2. The second-order valence-corrected chi connectivity index (χ2v) is 7.13. The maximum Gasteiger partial charge on any atom is 0.131 e. The van der Waals surface area contributed by atoms with Crippen molar-refractivity contribution in [3.63, 3.8) is 0 Å². The Bertz CT molecular complexity index is 591. The third-order valence-corrected chi connectivity index (χ3v) is 5.87. The fourth-order valence-electron chi connectivity index (χ4n) is 3.89. The molecule has 2 saturated heterocycles. The molecule has 2 aliphatic rings. The van der Waals surface area contributed by atoms with Gasteiger partial charge in [-0.2, -0.15) is 0 Å². The number of thiophene rings is 1. The smallest absolute Gasteiger partial charge is 0.131 e. The lowest BCUT2D eigenvalue weighted by molar-refractivity contribution is 0.292. The van der Waals surface area contributed by atoms with E-state index >= 15 is 0 Å². The molecule has 2 fully saturated rings. The first-order valence-electron chi connectivity index (χ1n) is 7.83.